The second-order valence-corrected chi connectivity index (χ2v) is 10.0. The van der Waals surface area contributed by atoms with Gasteiger partial charge in [0.05, 0.1) is 25.0 Å². The van der Waals surface area contributed by atoms with E-state index in [1.165, 1.54) is 0 Å². The molecule has 1 aliphatic rings. The fourth-order valence-electron chi connectivity index (χ4n) is 4.65. The van der Waals surface area contributed by atoms with Crippen molar-refractivity contribution in [3.8, 4) is 0 Å². The first-order valence-corrected chi connectivity index (χ1v) is 12.8. The zero-order valence-corrected chi connectivity index (χ0v) is 22.1. The van der Waals surface area contributed by atoms with Gasteiger partial charge in [0.1, 0.15) is 0 Å². The van der Waals surface area contributed by atoms with Crippen LogP contribution in [0.25, 0.3) is 0 Å². The van der Waals surface area contributed by atoms with E-state index in [0.29, 0.717) is 12.3 Å². The number of hydrogen-bond acceptors (Lipinski definition) is 10. The predicted molar refractivity (Wildman–Crippen MR) is 134 cm³/mol. The van der Waals surface area contributed by atoms with Gasteiger partial charge in [-0.3, -0.25) is 29.2 Å². The standard InChI is InChI=1S/C26H40N4O8/c1-19(2)21-5-3-20(4-6-21)13-22-14-29(17-25(35)36)10-9-27(15-23(31)32)7-8-28(16-24(33)34)11-12-30(22)18-26(37)38/h3-6,19,22H,7-18H2,1-2H3,(H,31,32)(H,33,34)(H,35,36)(H,37,38)/p-2. The van der Waals surface area contributed by atoms with Crippen molar-refractivity contribution in [1.29, 1.82) is 0 Å². The molecule has 0 saturated carbocycles. The van der Waals surface area contributed by atoms with E-state index in [4.69, 9.17) is 0 Å². The Labute approximate surface area is 223 Å². The molecule has 1 unspecified atom stereocenters. The Bertz CT molecular complexity index is 940. The Morgan fingerprint density at radius 3 is 1.68 bits per heavy atom. The summed E-state index contributed by atoms with van der Waals surface area (Å²) in [5, 5.41) is 41.8. The highest BCUT2D eigenvalue weighted by Crippen LogP contribution is 2.18. The molecule has 0 radical (unpaired) electrons. The van der Waals surface area contributed by atoms with Crippen LogP contribution in [0.15, 0.2) is 24.3 Å². The van der Waals surface area contributed by atoms with Gasteiger partial charge in [0.25, 0.3) is 0 Å². The van der Waals surface area contributed by atoms with Crippen LogP contribution in [-0.2, 0) is 25.6 Å². The van der Waals surface area contributed by atoms with E-state index in [1.54, 1.807) is 19.6 Å². The number of rotatable bonds is 11. The van der Waals surface area contributed by atoms with E-state index in [9.17, 15) is 39.6 Å². The van der Waals surface area contributed by atoms with Gasteiger partial charge in [-0.05, 0) is 23.5 Å². The van der Waals surface area contributed by atoms with Crippen LogP contribution in [0.3, 0.4) is 0 Å². The maximum absolute atomic E-state index is 11.8. The Morgan fingerprint density at radius 1 is 0.763 bits per heavy atom. The number of carbonyl (C=O) groups is 4. The highest BCUT2D eigenvalue weighted by atomic mass is 16.4. The van der Waals surface area contributed by atoms with Crippen LogP contribution >= 0.6 is 0 Å². The van der Waals surface area contributed by atoms with Gasteiger partial charge in [-0.15, -0.1) is 0 Å². The molecule has 0 spiro atoms. The molecular weight excluding hydrogens is 496 g/mol. The lowest BCUT2D eigenvalue weighted by molar-refractivity contribution is -0.308. The molecule has 1 aromatic carbocycles. The summed E-state index contributed by atoms with van der Waals surface area (Å²) in [6, 6.07) is 7.61. The largest absolute Gasteiger partial charge is 0.549 e. The first-order chi connectivity index (χ1) is 17.9. The van der Waals surface area contributed by atoms with Crippen molar-refractivity contribution in [3.63, 3.8) is 0 Å². The van der Waals surface area contributed by atoms with Crippen molar-refractivity contribution in [2.75, 3.05) is 72.0 Å². The third kappa shape index (κ3) is 11.5. The van der Waals surface area contributed by atoms with E-state index in [-0.39, 0.29) is 72.0 Å². The quantitative estimate of drug-likeness (QED) is 0.310. The summed E-state index contributed by atoms with van der Waals surface area (Å²) in [4.78, 5) is 52.7. The molecule has 212 valence electrons. The molecule has 1 aliphatic heterocycles. The van der Waals surface area contributed by atoms with Crippen LogP contribution in [0.4, 0.5) is 0 Å². The van der Waals surface area contributed by atoms with Gasteiger partial charge in [-0.2, -0.15) is 0 Å². The highest BCUT2D eigenvalue weighted by molar-refractivity contribution is 5.69. The maximum atomic E-state index is 11.8. The van der Waals surface area contributed by atoms with Crippen molar-refractivity contribution in [1.82, 2.24) is 19.6 Å². The number of carboxylic acids is 4. The van der Waals surface area contributed by atoms with Crippen LogP contribution < -0.4 is 10.2 Å². The summed E-state index contributed by atoms with van der Waals surface area (Å²) < 4.78 is 0. The van der Waals surface area contributed by atoms with E-state index < -0.39 is 29.9 Å². The van der Waals surface area contributed by atoms with Gasteiger partial charge in [0.2, 0.25) is 0 Å². The second kappa shape index (κ2) is 15.4. The van der Waals surface area contributed by atoms with Gasteiger partial charge in [-0.1, -0.05) is 38.1 Å². The normalized spacial score (nSPS) is 19.5. The highest BCUT2D eigenvalue weighted by Gasteiger charge is 2.27. The van der Waals surface area contributed by atoms with Gasteiger partial charge in [0.15, 0.2) is 0 Å². The lowest BCUT2D eigenvalue weighted by atomic mass is 9.98. The average Bonchev–Trinajstić information content (AvgIpc) is 2.80. The fourth-order valence-corrected chi connectivity index (χ4v) is 4.65. The number of benzene rings is 1. The Kier molecular flexibility index (Phi) is 12.6. The minimum absolute atomic E-state index is 0.210. The second-order valence-electron chi connectivity index (χ2n) is 10.0. The van der Waals surface area contributed by atoms with Crippen molar-refractivity contribution in [2.45, 2.75) is 32.2 Å². The molecule has 1 aromatic rings. The Hall–Kier alpha value is -3.06. The summed E-state index contributed by atoms with van der Waals surface area (Å²) >= 11 is 0. The van der Waals surface area contributed by atoms with E-state index >= 15 is 0 Å². The maximum Gasteiger partial charge on any atom is 0.317 e. The third-order valence-corrected chi connectivity index (χ3v) is 6.67. The molecule has 2 rings (SSSR count). The zero-order valence-electron chi connectivity index (χ0n) is 22.1. The van der Waals surface area contributed by atoms with Gasteiger partial charge in [0, 0.05) is 64.9 Å². The number of aliphatic carboxylic acids is 4. The van der Waals surface area contributed by atoms with Crippen LogP contribution in [0.2, 0.25) is 0 Å². The molecule has 0 amide bonds. The van der Waals surface area contributed by atoms with Crippen LogP contribution in [0.1, 0.15) is 30.9 Å². The Balaban J connectivity index is 2.40. The summed E-state index contributed by atoms with van der Waals surface area (Å²) in [5.74, 6) is -4.33. The van der Waals surface area contributed by atoms with Crippen LogP contribution in [-0.4, -0.2) is 132 Å². The summed E-state index contributed by atoms with van der Waals surface area (Å²) in [6.07, 6.45) is 0.449. The summed E-state index contributed by atoms with van der Waals surface area (Å²) in [7, 11) is 0. The number of nitrogens with zero attached hydrogens (tertiary/aromatic N) is 4. The van der Waals surface area contributed by atoms with E-state index in [2.05, 4.69) is 13.8 Å². The van der Waals surface area contributed by atoms with E-state index in [1.807, 2.05) is 24.3 Å². The molecule has 38 heavy (non-hydrogen) atoms. The third-order valence-electron chi connectivity index (χ3n) is 6.67. The fraction of sp³-hybridized carbons (Fsp3) is 0.615. The lowest BCUT2D eigenvalue weighted by Crippen LogP contribution is -2.54. The first kappa shape index (κ1) is 31.2. The molecule has 12 nitrogen and oxygen atoms in total. The molecule has 1 saturated heterocycles. The molecule has 1 atom stereocenters. The first-order valence-electron chi connectivity index (χ1n) is 12.8. The van der Waals surface area contributed by atoms with E-state index in [0.717, 1.165) is 11.1 Å². The SMILES string of the molecule is CC(C)c1ccc(CC2CN(CC(=O)O)CCN(CC(=O)[O-])CCN(CC(=O)[O-])CCN2CC(=O)O)cc1. The molecule has 2 N–H and O–H groups in total. The van der Waals surface area contributed by atoms with Gasteiger partial charge in [-0.25, -0.2) is 0 Å². The lowest BCUT2D eigenvalue weighted by Gasteiger charge is -2.38. The Morgan fingerprint density at radius 2 is 1.24 bits per heavy atom. The molecule has 0 bridgehead atoms. The predicted octanol–water partition coefficient (Wildman–Crippen LogP) is -2.39. The number of carbonyl (C=O) groups excluding carboxylic acids is 2. The minimum Gasteiger partial charge on any atom is -0.549 e. The molecule has 1 fully saturated rings. The summed E-state index contributed by atoms with van der Waals surface area (Å²) in [5.41, 5.74) is 2.12. The molecule has 12 heteroatoms. The van der Waals surface area contributed by atoms with Gasteiger partial charge < -0.3 is 30.0 Å². The van der Waals surface area contributed by atoms with Crippen molar-refractivity contribution >= 4 is 23.9 Å². The van der Waals surface area contributed by atoms with Crippen molar-refractivity contribution in [2.24, 2.45) is 0 Å². The zero-order chi connectivity index (χ0) is 28.2. The number of carboxylic acid groups (broad SMARTS) is 4. The van der Waals surface area contributed by atoms with Gasteiger partial charge >= 0.3 is 11.9 Å². The van der Waals surface area contributed by atoms with Crippen molar-refractivity contribution < 1.29 is 39.6 Å². The molecule has 1 heterocycles. The van der Waals surface area contributed by atoms with Crippen molar-refractivity contribution in [3.05, 3.63) is 35.4 Å². The average molecular weight is 535 g/mol. The number of hydrogen-bond donors (Lipinski definition) is 2. The monoisotopic (exact) mass is 534 g/mol. The molecular formula is C26H38N4O8-2. The smallest absolute Gasteiger partial charge is 0.317 e. The minimum atomic E-state index is -1.29. The topological polar surface area (TPSA) is 168 Å². The molecule has 0 aliphatic carbocycles. The van der Waals surface area contributed by atoms with Crippen LogP contribution in [0, 0.1) is 0 Å². The summed E-state index contributed by atoms with van der Waals surface area (Å²) in [6.45, 7) is 4.34. The van der Waals surface area contributed by atoms with Crippen LogP contribution in [0.5, 0.6) is 0 Å². The molecule has 0 aromatic heterocycles.